The third-order valence-corrected chi connectivity index (χ3v) is 2.89. The number of hydrogen-bond acceptors (Lipinski definition) is 6. The average molecular weight is 384 g/mol. The van der Waals surface area contributed by atoms with Gasteiger partial charge in [0, 0.05) is 13.2 Å². The van der Waals surface area contributed by atoms with Crippen molar-refractivity contribution >= 4 is 40.7 Å². The first-order valence-electron chi connectivity index (χ1n) is 5.98. The van der Waals surface area contributed by atoms with Crippen LogP contribution >= 0.6 is 23.2 Å². The first-order valence-corrected chi connectivity index (χ1v) is 6.74. The number of hydrogen-bond donors (Lipinski definition) is 3. The highest BCUT2D eigenvalue weighted by Gasteiger charge is 2.31. The molecule has 0 aliphatic heterocycles. The van der Waals surface area contributed by atoms with Crippen molar-refractivity contribution in [3.8, 4) is 0 Å². The van der Waals surface area contributed by atoms with E-state index in [0.717, 1.165) is 18.3 Å². The number of carboxylic acids is 1. The molecule has 12 heteroatoms. The Balaban J connectivity index is 0.000000243. The molecule has 24 heavy (non-hydrogen) atoms. The molecule has 0 amide bonds. The van der Waals surface area contributed by atoms with Gasteiger partial charge in [-0.05, 0) is 12.1 Å². The van der Waals surface area contributed by atoms with Gasteiger partial charge in [-0.3, -0.25) is 0 Å². The van der Waals surface area contributed by atoms with Gasteiger partial charge in [-0.15, -0.1) is 10.2 Å². The molecule has 2 aromatic heterocycles. The largest absolute Gasteiger partial charge is 0.478 e. The van der Waals surface area contributed by atoms with Crippen LogP contribution in [0, 0.1) is 0 Å². The van der Waals surface area contributed by atoms with E-state index in [-0.39, 0.29) is 27.4 Å². The van der Waals surface area contributed by atoms with Crippen LogP contribution in [0.3, 0.4) is 0 Å². The minimum Gasteiger partial charge on any atom is -0.478 e. The van der Waals surface area contributed by atoms with Crippen molar-refractivity contribution in [1.82, 2.24) is 15.2 Å². The molecule has 2 heterocycles. The maximum atomic E-state index is 12.1. The van der Waals surface area contributed by atoms with Gasteiger partial charge in [-0.1, -0.05) is 23.2 Å². The number of aromatic carboxylic acids is 1. The fourth-order valence-corrected chi connectivity index (χ4v) is 1.67. The van der Waals surface area contributed by atoms with Gasteiger partial charge in [0.05, 0.1) is 11.3 Å². The molecule has 0 spiro atoms. The van der Waals surface area contributed by atoms with Crippen molar-refractivity contribution in [1.29, 1.82) is 0 Å². The van der Waals surface area contributed by atoms with Crippen LogP contribution in [0.15, 0.2) is 18.3 Å². The quantitative estimate of drug-likeness (QED) is 0.729. The van der Waals surface area contributed by atoms with Crippen LogP contribution in [-0.2, 0) is 6.18 Å². The van der Waals surface area contributed by atoms with Crippen molar-refractivity contribution in [3.63, 3.8) is 0 Å². The van der Waals surface area contributed by atoms with Crippen LogP contribution < -0.4 is 11.1 Å². The molecular weight excluding hydrogens is 374 g/mol. The molecule has 7 nitrogen and oxygen atoms in total. The van der Waals surface area contributed by atoms with E-state index in [9.17, 15) is 18.0 Å². The summed E-state index contributed by atoms with van der Waals surface area (Å²) in [5.74, 6) is -0.931. The molecule has 0 unspecified atom stereocenters. The summed E-state index contributed by atoms with van der Waals surface area (Å²) in [4.78, 5) is 13.9. The lowest BCUT2D eigenvalue weighted by Gasteiger charge is -2.08. The zero-order chi connectivity index (χ0) is 18.5. The van der Waals surface area contributed by atoms with Gasteiger partial charge in [-0.2, -0.15) is 13.2 Å². The van der Waals surface area contributed by atoms with Crippen LogP contribution in [0.25, 0.3) is 0 Å². The molecular formula is C12H10Cl2F3N5O2. The number of rotatable bonds is 2. The number of nitrogens with one attached hydrogen (secondary N) is 1. The van der Waals surface area contributed by atoms with Crippen molar-refractivity contribution in [2.24, 2.45) is 0 Å². The topological polar surface area (TPSA) is 114 Å². The summed E-state index contributed by atoms with van der Waals surface area (Å²) in [6, 6.07) is 1.98. The molecule has 2 aromatic rings. The Kier molecular flexibility index (Phi) is 6.55. The van der Waals surface area contributed by atoms with Crippen molar-refractivity contribution in [2.75, 3.05) is 18.1 Å². The number of aromatic nitrogens is 3. The van der Waals surface area contributed by atoms with Gasteiger partial charge >= 0.3 is 12.1 Å². The Morgan fingerprint density at radius 1 is 1.29 bits per heavy atom. The standard InChI is InChI=1S/C7H8F3N3.C5H2Cl2N2O2/c1-12-6-5(11)2-4(3-13-6)7(8,9)10;6-3-1-2(5(10)11)4(7)9-8-3/h2-3H,11H2,1H3,(H,12,13);1H,(H,10,11). The molecule has 0 aromatic carbocycles. The van der Waals surface area contributed by atoms with Gasteiger partial charge in [0.15, 0.2) is 10.3 Å². The van der Waals surface area contributed by atoms with E-state index < -0.39 is 17.7 Å². The maximum absolute atomic E-state index is 12.1. The van der Waals surface area contributed by atoms with Gasteiger partial charge in [-0.25, -0.2) is 9.78 Å². The number of carbonyl (C=O) groups is 1. The molecule has 0 bridgehead atoms. The first-order chi connectivity index (χ1) is 11.1. The summed E-state index contributed by atoms with van der Waals surface area (Å²) in [7, 11) is 1.53. The maximum Gasteiger partial charge on any atom is 0.417 e. The van der Waals surface area contributed by atoms with E-state index in [2.05, 4.69) is 20.5 Å². The lowest BCUT2D eigenvalue weighted by atomic mass is 10.2. The highest BCUT2D eigenvalue weighted by molar-refractivity contribution is 6.33. The first kappa shape index (κ1) is 19.7. The predicted molar refractivity (Wildman–Crippen MR) is 82.2 cm³/mol. The second kappa shape index (κ2) is 7.97. The minimum absolute atomic E-state index is 0.00630. The average Bonchev–Trinajstić information content (AvgIpc) is 2.49. The van der Waals surface area contributed by atoms with E-state index in [0.29, 0.717) is 0 Å². The number of alkyl halides is 3. The summed E-state index contributed by atoms with van der Waals surface area (Å²) in [5, 5.41) is 17.5. The monoisotopic (exact) mass is 383 g/mol. The van der Waals surface area contributed by atoms with Crippen LogP contribution in [0.2, 0.25) is 10.3 Å². The van der Waals surface area contributed by atoms with Crippen molar-refractivity contribution < 1.29 is 23.1 Å². The SMILES string of the molecule is CNc1ncc(C(F)(F)F)cc1N.O=C(O)c1cc(Cl)nnc1Cl. The Morgan fingerprint density at radius 3 is 2.33 bits per heavy atom. The van der Waals surface area contributed by atoms with E-state index in [1.165, 1.54) is 7.05 Å². The van der Waals surface area contributed by atoms with Gasteiger partial charge in [0.2, 0.25) is 0 Å². The number of pyridine rings is 1. The lowest BCUT2D eigenvalue weighted by Crippen LogP contribution is -2.08. The molecule has 2 rings (SSSR count). The fraction of sp³-hybridized carbons (Fsp3) is 0.167. The minimum atomic E-state index is -4.40. The van der Waals surface area contributed by atoms with Crippen LogP contribution in [0.4, 0.5) is 24.7 Å². The molecule has 0 saturated heterocycles. The third kappa shape index (κ3) is 5.39. The van der Waals surface area contributed by atoms with Gasteiger partial charge < -0.3 is 16.2 Å². The number of halogens is 5. The Hall–Kier alpha value is -2.33. The second-order valence-corrected chi connectivity index (χ2v) is 4.83. The summed E-state index contributed by atoms with van der Waals surface area (Å²) >= 11 is 10.7. The number of nitrogens with zero attached hydrogens (tertiary/aromatic N) is 3. The Morgan fingerprint density at radius 2 is 1.92 bits per heavy atom. The highest BCUT2D eigenvalue weighted by atomic mass is 35.5. The number of anilines is 2. The lowest BCUT2D eigenvalue weighted by molar-refractivity contribution is -0.137. The molecule has 4 N–H and O–H groups in total. The normalized spacial score (nSPS) is 10.6. The number of nitrogens with two attached hydrogens (primary N) is 1. The summed E-state index contributed by atoms with van der Waals surface area (Å²) < 4.78 is 36.3. The molecule has 0 aliphatic carbocycles. The zero-order valence-electron chi connectivity index (χ0n) is 11.9. The van der Waals surface area contributed by atoms with E-state index in [4.69, 9.17) is 34.0 Å². The second-order valence-electron chi connectivity index (χ2n) is 4.09. The summed E-state index contributed by atoms with van der Waals surface area (Å²) in [6.45, 7) is 0. The van der Waals surface area contributed by atoms with Crippen molar-refractivity contribution in [2.45, 2.75) is 6.18 Å². The van der Waals surface area contributed by atoms with E-state index in [1.54, 1.807) is 0 Å². The molecule has 130 valence electrons. The molecule has 0 saturated carbocycles. The van der Waals surface area contributed by atoms with Crippen LogP contribution in [-0.4, -0.2) is 33.3 Å². The molecule has 0 aliphatic rings. The third-order valence-electron chi connectivity index (χ3n) is 2.43. The summed E-state index contributed by atoms with van der Waals surface area (Å²) in [5.41, 5.74) is 4.30. The molecule has 0 radical (unpaired) electrons. The van der Waals surface area contributed by atoms with Gasteiger partial charge in [0.25, 0.3) is 0 Å². The smallest absolute Gasteiger partial charge is 0.417 e. The van der Waals surface area contributed by atoms with E-state index in [1.807, 2.05) is 0 Å². The molecule has 0 atom stereocenters. The fourth-order valence-electron chi connectivity index (χ4n) is 1.35. The highest BCUT2D eigenvalue weighted by Crippen LogP contribution is 2.31. The molecule has 0 fully saturated rings. The predicted octanol–water partition coefficient (Wildman–Crippen LogP) is 3.21. The Labute approximate surface area is 143 Å². The zero-order valence-corrected chi connectivity index (χ0v) is 13.4. The van der Waals surface area contributed by atoms with Crippen LogP contribution in [0.5, 0.6) is 0 Å². The van der Waals surface area contributed by atoms with Crippen LogP contribution in [0.1, 0.15) is 15.9 Å². The van der Waals surface area contributed by atoms with Gasteiger partial charge in [0.1, 0.15) is 11.4 Å². The van der Waals surface area contributed by atoms with E-state index >= 15 is 0 Å². The van der Waals surface area contributed by atoms with Crippen molar-refractivity contribution in [3.05, 3.63) is 39.8 Å². The Bertz CT molecular complexity index is 743. The summed E-state index contributed by atoms with van der Waals surface area (Å²) in [6.07, 6.45) is -3.66. The number of nitrogen functional groups attached to an aromatic ring is 1. The number of carboxylic acid groups (broad SMARTS) is 1.